The molecule has 0 spiro atoms. The zero-order valence-electron chi connectivity index (χ0n) is 8.13. The summed E-state index contributed by atoms with van der Waals surface area (Å²) in [5.41, 5.74) is 2.72. The van der Waals surface area contributed by atoms with Gasteiger partial charge in [0.25, 0.3) is 0 Å². The molecule has 14 heavy (non-hydrogen) atoms. The summed E-state index contributed by atoms with van der Waals surface area (Å²) in [6.07, 6.45) is 1.71. The number of nitrogens with one attached hydrogen (secondary N) is 1. The Bertz CT molecular complexity index is 485. The fourth-order valence-corrected chi connectivity index (χ4v) is 1.44. The van der Waals surface area contributed by atoms with Gasteiger partial charge >= 0.3 is 0 Å². The molecule has 0 aliphatic heterocycles. The monoisotopic (exact) mass is 189 g/mol. The summed E-state index contributed by atoms with van der Waals surface area (Å²) in [6, 6.07) is 5.59. The molecule has 1 amide bonds. The fourth-order valence-electron chi connectivity index (χ4n) is 1.44. The van der Waals surface area contributed by atoms with E-state index in [1.165, 1.54) is 6.92 Å². The highest BCUT2D eigenvalue weighted by atomic mass is 16.3. The smallest absolute Gasteiger partial charge is 0.221 e. The standard InChI is InChI=1S/C11H11NO2/c1-7-6-14-11-4-3-9(5-10(7)11)12-8(2)13/h3-6H,1-2H3,(H,12,13). The normalized spacial score (nSPS) is 10.4. The average molecular weight is 189 g/mol. The first kappa shape index (κ1) is 8.81. The number of hydrogen-bond acceptors (Lipinski definition) is 2. The van der Waals surface area contributed by atoms with Crippen LogP contribution in [0.25, 0.3) is 11.0 Å². The molecule has 3 nitrogen and oxygen atoms in total. The molecule has 0 unspecified atom stereocenters. The second-order valence-corrected chi connectivity index (χ2v) is 3.31. The van der Waals surface area contributed by atoms with Gasteiger partial charge in [-0.05, 0) is 30.7 Å². The zero-order valence-corrected chi connectivity index (χ0v) is 8.13. The van der Waals surface area contributed by atoms with E-state index in [0.29, 0.717) is 0 Å². The number of anilines is 1. The molecular weight excluding hydrogens is 178 g/mol. The third-order valence-corrected chi connectivity index (χ3v) is 2.09. The van der Waals surface area contributed by atoms with E-state index >= 15 is 0 Å². The van der Waals surface area contributed by atoms with Crippen molar-refractivity contribution >= 4 is 22.6 Å². The second-order valence-electron chi connectivity index (χ2n) is 3.31. The van der Waals surface area contributed by atoms with Crippen molar-refractivity contribution < 1.29 is 9.21 Å². The zero-order chi connectivity index (χ0) is 10.1. The molecule has 0 aliphatic carbocycles. The van der Waals surface area contributed by atoms with Gasteiger partial charge in [-0.2, -0.15) is 0 Å². The predicted molar refractivity (Wildman–Crippen MR) is 55.3 cm³/mol. The number of hydrogen-bond donors (Lipinski definition) is 1. The van der Waals surface area contributed by atoms with Gasteiger partial charge in [-0.1, -0.05) is 0 Å². The number of carbonyl (C=O) groups is 1. The van der Waals surface area contributed by atoms with Crippen LogP contribution >= 0.6 is 0 Å². The van der Waals surface area contributed by atoms with Crippen LogP contribution < -0.4 is 5.32 Å². The predicted octanol–water partition coefficient (Wildman–Crippen LogP) is 2.70. The summed E-state index contributed by atoms with van der Waals surface area (Å²) in [4.78, 5) is 10.8. The molecular formula is C11H11NO2. The molecule has 0 saturated heterocycles. The third-order valence-electron chi connectivity index (χ3n) is 2.09. The van der Waals surface area contributed by atoms with Crippen LogP contribution in [-0.2, 0) is 4.79 Å². The van der Waals surface area contributed by atoms with E-state index in [0.717, 1.165) is 22.2 Å². The molecule has 0 bridgehead atoms. The Morgan fingerprint density at radius 1 is 1.43 bits per heavy atom. The molecule has 72 valence electrons. The Balaban J connectivity index is 2.49. The average Bonchev–Trinajstić information content (AvgIpc) is 2.47. The minimum absolute atomic E-state index is 0.0644. The van der Waals surface area contributed by atoms with Gasteiger partial charge in [0, 0.05) is 18.0 Å². The SMILES string of the molecule is CC(=O)Nc1ccc2occ(C)c2c1. The Labute approximate surface area is 81.7 Å². The molecule has 0 fully saturated rings. The minimum Gasteiger partial charge on any atom is -0.464 e. The summed E-state index contributed by atoms with van der Waals surface area (Å²) in [6.45, 7) is 3.47. The van der Waals surface area contributed by atoms with E-state index in [1.54, 1.807) is 6.26 Å². The van der Waals surface area contributed by atoms with E-state index < -0.39 is 0 Å². The minimum atomic E-state index is -0.0644. The lowest BCUT2D eigenvalue weighted by molar-refractivity contribution is -0.114. The van der Waals surface area contributed by atoms with Crippen LogP contribution in [0.15, 0.2) is 28.9 Å². The first-order chi connectivity index (χ1) is 6.66. The van der Waals surface area contributed by atoms with Crippen molar-refractivity contribution in [1.29, 1.82) is 0 Å². The Kier molecular flexibility index (Phi) is 2.00. The van der Waals surface area contributed by atoms with Crippen LogP contribution in [0.3, 0.4) is 0 Å². The quantitative estimate of drug-likeness (QED) is 0.749. The molecule has 1 heterocycles. The number of benzene rings is 1. The van der Waals surface area contributed by atoms with Crippen LogP contribution in [0.2, 0.25) is 0 Å². The molecule has 1 aromatic heterocycles. The first-order valence-electron chi connectivity index (χ1n) is 4.42. The molecule has 1 aromatic carbocycles. The molecule has 0 radical (unpaired) electrons. The lowest BCUT2D eigenvalue weighted by Gasteiger charge is -2.00. The number of fused-ring (bicyclic) bond motifs is 1. The van der Waals surface area contributed by atoms with Gasteiger partial charge in [-0.25, -0.2) is 0 Å². The van der Waals surface area contributed by atoms with Gasteiger partial charge in [0.1, 0.15) is 5.58 Å². The molecule has 0 saturated carbocycles. The number of aryl methyl sites for hydroxylation is 1. The van der Waals surface area contributed by atoms with Crippen LogP contribution in [-0.4, -0.2) is 5.91 Å². The van der Waals surface area contributed by atoms with Crippen LogP contribution in [0.4, 0.5) is 5.69 Å². The fraction of sp³-hybridized carbons (Fsp3) is 0.182. The van der Waals surface area contributed by atoms with E-state index in [9.17, 15) is 4.79 Å². The van der Waals surface area contributed by atoms with Crippen LogP contribution in [0, 0.1) is 6.92 Å². The third kappa shape index (κ3) is 1.48. The van der Waals surface area contributed by atoms with E-state index in [-0.39, 0.29) is 5.91 Å². The van der Waals surface area contributed by atoms with Gasteiger partial charge in [0.2, 0.25) is 5.91 Å². The molecule has 3 heteroatoms. The van der Waals surface area contributed by atoms with Gasteiger partial charge in [0.05, 0.1) is 6.26 Å². The molecule has 2 rings (SSSR count). The number of rotatable bonds is 1. The number of amides is 1. The Hall–Kier alpha value is -1.77. The van der Waals surface area contributed by atoms with Crippen LogP contribution in [0.5, 0.6) is 0 Å². The largest absolute Gasteiger partial charge is 0.464 e. The van der Waals surface area contributed by atoms with Crippen molar-refractivity contribution in [2.75, 3.05) is 5.32 Å². The summed E-state index contributed by atoms with van der Waals surface area (Å²) in [5, 5.41) is 3.77. The van der Waals surface area contributed by atoms with Crippen molar-refractivity contribution in [2.24, 2.45) is 0 Å². The van der Waals surface area contributed by atoms with Crippen LogP contribution in [0.1, 0.15) is 12.5 Å². The molecule has 1 N–H and O–H groups in total. The summed E-state index contributed by atoms with van der Waals surface area (Å²) in [5.74, 6) is -0.0644. The van der Waals surface area contributed by atoms with Crippen molar-refractivity contribution in [3.63, 3.8) is 0 Å². The Morgan fingerprint density at radius 3 is 2.93 bits per heavy atom. The first-order valence-corrected chi connectivity index (χ1v) is 4.42. The van der Waals surface area contributed by atoms with Gasteiger partial charge in [0.15, 0.2) is 0 Å². The Morgan fingerprint density at radius 2 is 2.21 bits per heavy atom. The van der Waals surface area contributed by atoms with E-state index in [4.69, 9.17) is 4.42 Å². The van der Waals surface area contributed by atoms with Gasteiger partial charge in [-0.15, -0.1) is 0 Å². The number of furan rings is 1. The summed E-state index contributed by atoms with van der Waals surface area (Å²) < 4.78 is 5.30. The van der Waals surface area contributed by atoms with Gasteiger partial charge in [-0.3, -0.25) is 4.79 Å². The van der Waals surface area contributed by atoms with Crippen molar-refractivity contribution in [3.05, 3.63) is 30.0 Å². The highest BCUT2D eigenvalue weighted by Gasteiger charge is 2.03. The van der Waals surface area contributed by atoms with Crippen molar-refractivity contribution in [2.45, 2.75) is 13.8 Å². The summed E-state index contributed by atoms with van der Waals surface area (Å²) in [7, 11) is 0. The maximum Gasteiger partial charge on any atom is 0.221 e. The summed E-state index contributed by atoms with van der Waals surface area (Å²) >= 11 is 0. The maximum absolute atomic E-state index is 10.8. The lowest BCUT2D eigenvalue weighted by Crippen LogP contribution is -2.05. The molecule has 0 atom stereocenters. The maximum atomic E-state index is 10.8. The van der Waals surface area contributed by atoms with Crippen molar-refractivity contribution in [1.82, 2.24) is 0 Å². The molecule has 0 aliphatic rings. The second kappa shape index (κ2) is 3.18. The topological polar surface area (TPSA) is 42.2 Å². The highest BCUT2D eigenvalue weighted by Crippen LogP contribution is 2.23. The highest BCUT2D eigenvalue weighted by molar-refractivity contribution is 5.92. The van der Waals surface area contributed by atoms with E-state index in [1.807, 2.05) is 25.1 Å². The molecule has 2 aromatic rings. The van der Waals surface area contributed by atoms with Crippen molar-refractivity contribution in [3.8, 4) is 0 Å². The van der Waals surface area contributed by atoms with Gasteiger partial charge < -0.3 is 9.73 Å². The lowest BCUT2D eigenvalue weighted by atomic mass is 10.2. The van der Waals surface area contributed by atoms with E-state index in [2.05, 4.69) is 5.32 Å². The number of carbonyl (C=O) groups excluding carboxylic acids is 1.